The highest BCUT2D eigenvalue weighted by molar-refractivity contribution is 5.72. The van der Waals surface area contributed by atoms with Crippen molar-refractivity contribution in [2.24, 2.45) is 5.92 Å². The fourth-order valence-corrected chi connectivity index (χ4v) is 2.68. The number of likely N-dealkylation sites (tertiary alicyclic amines) is 1. The van der Waals surface area contributed by atoms with E-state index in [0.29, 0.717) is 19.7 Å². The Morgan fingerprint density at radius 1 is 1.52 bits per heavy atom. The molecule has 2 rings (SSSR count). The summed E-state index contributed by atoms with van der Waals surface area (Å²) in [5.74, 6) is -0.223. The van der Waals surface area contributed by atoms with E-state index in [9.17, 15) is 14.9 Å². The fourth-order valence-electron chi connectivity index (χ4n) is 2.68. The molecule has 0 saturated carbocycles. The van der Waals surface area contributed by atoms with Crippen molar-refractivity contribution in [2.75, 3.05) is 19.7 Å². The van der Waals surface area contributed by atoms with Crippen molar-refractivity contribution in [2.45, 2.75) is 26.3 Å². The van der Waals surface area contributed by atoms with Crippen molar-refractivity contribution in [1.82, 2.24) is 4.90 Å². The van der Waals surface area contributed by atoms with Crippen LogP contribution in [-0.2, 0) is 16.1 Å². The smallest absolute Gasteiger partial charge is 0.310 e. The zero-order chi connectivity index (χ0) is 15.2. The number of nitrogens with zero attached hydrogens (tertiary/aromatic N) is 2. The number of non-ortho nitro benzene ring substituents is 1. The first-order valence-electron chi connectivity index (χ1n) is 7.22. The third-order valence-electron chi connectivity index (χ3n) is 3.65. The quantitative estimate of drug-likeness (QED) is 0.473. The van der Waals surface area contributed by atoms with Crippen LogP contribution in [0.1, 0.15) is 25.3 Å². The number of nitro benzene ring substituents is 1. The second-order valence-corrected chi connectivity index (χ2v) is 5.25. The molecule has 0 N–H and O–H groups in total. The molecule has 114 valence electrons. The number of ether oxygens (including phenoxy) is 1. The lowest BCUT2D eigenvalue weighted by Crippen LogP contribution is -2.38. The van der Waals surface area contributed by atoms with Crippen LogP contribution in [0.2, 0.25) is 0 Å². The molecule has 1 aliphatic heterocycles. The Kier molecular flexibility index (Phi) is 5.27. The summed E-state index contributed by atoms with van der Waals surface area (Å²) >= 11 is 0. The molecule has 1 aromatic rings. The number of benzene rings is 1. The van der Waals surface area contributed by atoms with Crippen molar-refractivity contribution in [3.8, 4) is 0 Å². The summed E-state index contributed by atoms with van der Waals surface area (Å²) in [6, 6.07) is 6.65. The van der Waals surface area contributed by atoms with Gasteiger partial charge in [0.1, 0.15) is 0 Å². The first-order chi connectivity index (χ1) is 10.1. The van der Waals surface area contributed by atoms with Crippen LogP contribution in [0.15, 0.2) is 24.3 Å². The van der Waals surface area contributed by atoms with Gasteiger partial charge < -0.3 is 4.74 Å². The minimum atomic E-state index is -0.388. The number of esters is 1. The minimum Gasteiger partial charge on any atom is -0.466 e. The van der Waals surface area contributed by atoms with E-state index in [1.165, 1.54) is 6.07 Å². The molecule has 21 heavy (non-hydrogen) atoms. The third-order valence-corrected chi connectivity index (χ3v) is 3.65. The molecular formula is C15H20N2O4. The molecule has 0 unspecified atom stereocenters. The molecule has 0 amide bonds. The van der Waals surface area contributed by atoms with Crippen molar-refractivity contribution in [1.29, 1.82) is 0 Å². The summed E-state index contributed by atoms with van der Waals surface area (Å²) in [7, 11) is 0. The van der Waals surface area contributed by atoms with E-state index in [2.05, 4.69) is 4.90 Å². The molecule has 0 spiro atoms. The predicted molar refractivity (Wildman–Crippen MR) is 77.7 cm³/mol. The molecule has 1 atom stereocenters. The normalized spacial score (nSPS) is 19.2. The Bertz CT molecular complexity index is 518. The number of hydrogen-bond donors (Lipinski definition) is 0. The maximum Gasteiger partial charge on any atom is 0.310 e. The van der Waals surface area contributed by atoms with Gasteiger partial charge in [-0.15, -0.1) is 0 Å². The van der Waals surface area contributed by atoms with Gasteiger partial charge in [0, 0.05) is 25.2 Å². The molecule has 0 radical (unpaired) electrons. The van der Waals surface area contributed by atoms with Gasteiger partial charge in [0.15, 0.2) is 0 Å². The van der Waals surface area contributed by atoms with Crippen LogP contribution in [0.5, 0.6) is 0 Å². The topological polar surface area (TPSA) is 72.7 Å². The number of hydrogen-bond acceptors (Lipinski definition) is 5. The van der Waals surface area contributed by atoms with Crippen LogP contribution in [-0.4, -0.2) is 35.5 Å². The van der Waals surface area contributed by atoms with Crippen molar-refractivity contribution in [3.05, 3.63) is 39.9 Å². The molecule has 1 saturated heterocycles. The Balaban J connectivity index is 1.97. The molecule has 1 aliphatic rings. The molecule has 0 aromatic heterocycles. The minimum absolute atomic E-state index is 0.0857. The highest BCUT2D eigenvalue weighted by atomic mass is 16.6. The number of carbonyl (C=O) groups excluding carboxylic acids is 1. The summed E-state index contributed by atoms with van der Waals surface area (Å²) < 4.78 is 5.08. The van der Waals surface area contributed by atoms with E-state index in [1.54, 1.807) is 12.1 Å². The van der Waals surface area contributed by atoms with E-state index < -0.39 is 0 Å². The van der Waals surface area contributed by atoms with Crippen molar-refractivity contribution < 1.29 is 14.5 Å². The highest BCUT2D eigenvalue weighted by Crippen LogP contribution is 2.21. The monoisotopic (exact) mass is 292 g/mol. The van der Waals surface area contributed by atoms with E-state index in [4.69, 9.17) is 4.74 Å². The van der Waals surface area contributed by atoms with Crippen LogP contribution in [0.25, 0.3) is 0 Å². The Morgan fingerprint density at radius 2 is 2.33 bits per heavy atom. The van der Waals surface area contributed by atoms with Crippen molar-refractivity contribution in [3.63, 3.8) is 0 Å². The van der Waals surface area contributed by atoms with Crippen LogP contribution in [0.3, 0.4) is 0 Å². The summed E-state index contributed by atoms with van der Waals surface area (Å²) in [5, 5.41) is 10.8. The fraction of sp³-hybridized carbons (Fsp3) is 0.533. The third kappa shape index (κ3) is 4.26. The molecule has 0 bridgehead atoms. The van der Waals surface area contributed by atoms with Gasteiger partial charge >= 0.3 is 5.97 Å². The van der Waals surface area contributed by atoms with Gasteiger partial charge in [-0.05, 0) is 31.9 Å². The zero-order valence-corrected chi connectivity index (χ0v) is 12.2. The maximum absolute atomic E-state index is 11.8. The van der Waals surface area contributed by atoms with Gasteiger partial charge in [0.2, 0.25) is 0 Å². The standard InChI is InChI=1S/C15H20N2O4/c1-2-21-15(18)13-6-4-8-16(11-13)10-12-5-3-7-14(9-12)17(19)20/h3,5,7,9,13H,2,4,6,8,10-11H2,1H3/t13-/m1/s1. The van der Waals surface area contributed by atoms with Gasteiger partial charge in [-0.2, -0.15) is 0 Å². The van der Waals surface area contributed by atoms with E-state index in [0.717, 1.165) is 24.9 Å². The average Bonchev–Trinajstić information content (AvgIpc) is 2.48. The molecule has 1 aromatic carbocycles. The number of carbonyl (C=O) groups is 1. The number of rotatable bonds is 5. The maximum atomic E-state index is 11.8. The SMILES string of the molecule is CCOC(=O)[C@@H]1CCCN(Cc2cccc([N+](=O)[O-])c2)C1. The van der Waals surface area contributed by atoms with Gasteiger partial charge in [0.05, 0.1) is 17.4 Å². The van der Waals surface area contributed by atoms with Gasteiger partial charge in [-0.3, -0.25) is 19.8 Å². The Morgan fingerprint density at radius 3 is 3.05 bits per heavy atom. The Hall–Kier alpha value is -1.95. The van der Waals surface area contributed by atoms with Crippen molar-refractivity contribution >= 4 is 11.7 Å². The average molecular weight is 292 g/mol. The van der Waals surface area contributed by atoms with Crippen LogP contribution in [0.4, 0.5) is 5.69 Å². The molecule has 6 nitrogen and oxygen atoms in total. The second kappa shape index (κ2) is 7.17. The first-order valence-corrected chi connectivity index (χ1v) is 7.22. The number of piperidine rings is 1. The van der Waals surface area contributed by atoms with Gasteiger partial charge in [-0.1, -0.05) is 12.1 Å². The molecule has 1 heterocycles. The molecular weight excluding hydrogens is 272 g/mol. The Labute approximate surface area is 123 Å². The van der Waals surface area contributed by atoms with E-state index in [1.807, 2.05) is 13.0 Å². The molecule has 0 aliphatic carbocycles. The first kappa shape index (κ1) is 15.4. The molecule has 6 heteroatoms. The van der Waals surface area contributed by atoms with Crippen LogP contribution < -0.4 is 0 Å². The lowest BCUT2D eigenvalue weighted by Gasteiger charge is -2.31. The zero-order valence-electron chi connectivity index (χ0n) is 12.2. The molecule has 1 fully saturated rings. The lowest BCUT2D eigenvalue weighted by atomic mass is 9.97. The summed E-state index contributed by atoms with van der Waals surface area (Å²) in [5.41, 5.74) is 1.00. The summed E-state index contributed by atoms with van der Waals surface area (Å²) in [6.07, 6.45) is 1.79. The number of nitro groups is 1. The van der Waals surface area contributed by atoms with Crippen LogP contribution in [0, 0.1) is 16.0 Å². The predicted octanol–water partition coefficient (Wildman–Crippen LogP) is 2.37. The largest absolute Gasteiger partial charge is 0.466 e. The second-order valence-electron chi connectivity index (χ2n) is 5.25. The van der Waals surface area contributed by atoms with E-state index in [-0.39, 0.29) is 22.5 Å². The summed E-state index contributed by atoms with van der Waals surface area (Å²) in [4.78, 5) is 24.4. The highest BCUT2D eigenvalue weighted by Gasteiger charge is 2.26. The summed E-state index contributed by atoms with van der Waals surface area (Å²) in [6.45, 7) is 4.39. The van der Waals surface area contributed by atoms with Crippen LogP contribution >= 0.6 is 0 Å². The van der Waals surface area contributed by atoms with E-state index >= 15 is 0 Å². The lowest BCUT2D eigenvalue weighted by molar-refractivity contribution is -0.384. The van der Waals surface area contributed by atoms with Gasteiger partial charge in [-0.25, -0.2) is 0 Å². The van der Waals surface area contributed by atoms with Gasteiger partial charge in [0.25, 0.3) is 5.69 Å².